The van der Waals surface area contributed by atoms with Crippen molar-refractivity contribution in [1.82, 2.24) is 4.98 Å². The summed E-state index contributed by atoms with van der Waals surface area (Å²) in [5, 5.41) is 0.538. The van der Waals surface area contributed by atoms with Gasteiger partial charge in [-0.05, 0) is 30.3 Å². The monoisotopic (exact) mass is 422 g/mol. The number of pyridine rings is 1. The smallest absolute Gasteiger partial charge is 0.584 e. The number of aromatic nitrogens is 1. The first kappa shape index (κ1) is 20.6. The summed E-state index contributed by atoms with van der Waals surface area (Å²) < 4.78 is 55.8. The lowest BCUT2D eigenvalue weighted by Gasteiger charge is -2.09. The molecule has 1 unspecified atom stereocenters. The third kappa shape index (κ3) is 5.37. The van der Waals surface area contributed by atoms with Crippen molar-refractivity contribution in [1.29, 1.82) is 0 Å². The zero-order valence-corrected chi connectivity index (χ0v) is 15.4. The maximum absolute atomic E-state index is 12.4. The SMILES string of the molecule is COC(=O)c1cccnc1Sc1ccc(Cl)cc1/C=N\[S+]([O-])C(F)(F)F. The predicted octanol–water partition coefficient (Wildman–Crippen LogP) is 4.28. The Morgan fingerprint density at radius 2 is 2.15 bits per heavy atom. The van der Waals surface area contributed by atoms with E-state index in [4.69, 9.17) is 11.6 Å². The van der Waals surface area contributed by atoms with Gasteiger partial charge in [0.2, 0.25) is 11.4 Å². The van der Waals surface area contributed by atoms with Gasteiger partial charge >= 0.3 is 11.5 Å². The molecule has 0 aliphatic rings. The van der Waals surface area contributed by atoms with Gasteiger partial charge in [-0.1, -0.05) is 27.8 Å². The average Bonchev–Trinajstić information content (AvgIpc) is 2.60. The van der Waals surface area contributed by atoms with Crippen LogP contribution in [-0.4, -0.2) is 34.3 Å². The Kier molecular flexibility index (Phi) is 6.93. The van der Waals surface area contributed by atoms with Crippen molar-refractivity contribution in [2.75, 3.05) is 7.11 Å². The summed E-state index contributed by atoms with van der Waals surface area (Å²) in [4.78, 5) is 16.3. The highest BCUT2D eigenvalue weighted by atomic mass is 35.5. The van der Waals surface area contributed by atoms with Gasteiger partial charge in [0.15, 0.2) is 0 Å². The van der Waals surface area contributed by atoms with E-state index in [1.807, 2.05) is 0 Å². The number of benzene rings is 1. The fourth-order valence-corrected chi connectivity index (χ4v) is 3.18. The highest BCUT2D eigenvalue weighted by molar-refractivity contribution is 7.99. The van der Waals surface area contributed by atoms with Gasteiger partial charge in [-0.25, -0.2) is 9.78 Å². The van der Waals surface area contributed by atoms with Gasteiger partial charge in [0, 0.05) is 21.7 Å². The molecule has 26 heavy (non-hydrogen) atoms. The average molecular weight is 423 g/mol. The maximum Gasteiger partial charge on any atom is 0.600 e. The Morgan fingerprint density at radius 1 is 1.42 bits per heavy atom. The molecule has 0 amide bonds. The third-order valence-corrected chi connectivity index (χ3v) is 4.88. The summed E-state index contributed by atoms with van der Waals surface area (Å²) in [5.74, 6) is -0.608. The topological polar surface area (TPSA) is 74.6 Å². The van der Waals surface area contributed by atoms with E-state index in [-0.39, 0.29) is 21.2 Å². The zero-order chi connectivity index (χ0) is 19.3. The summed E-state index contributed by atoms with van der Waals surface area (Å²) in [6.07, 6.45) is 2.27. The van der Waals surface area contributed by atoms with E-state index in [1.54, 1.807) is 6.07 Å². The van der Waals surface area contributed by atoms with E-state index in [2.05, 4.69) is 14.1 Å². The first-order chi connectivity index (χ1) is 12.2. The molecular weight excluding hydrogens is 413 g/mol. The minimum absolute atomic E-state index is 0.191. The number of nitrogens with zero attached hydrogens (tertiary/aromatic N) is 2. The van der Waals surface area contributed by atoms with Gasteiger partial charge in [0.1, 0.15) is 5.03 Å². The summed E-state index contributed by atoms with van der Waals surface area (Å²) in [7, 11) is 1.22. The molecule has 0 spiro atoms. The summed E-state index contributed by atoms with van der Waals surface area (Å²) in [5.41, 5.74) is -4.57. The number of ether oxygens (including phenoxy) is 1. The van der Waals surface area contributed by atoms with Crippen LogP contribution in [0.15, 0.2) is 50.8 Å². The summed E-state index contributed by atoms with van der Waals surface area (Å²) >= 11 is 3.50. The van der Waals surface area contributed by atoms with E-state index in [1.165, 1.54) is 37.6 Å². The molecule has 0 aliphatic heterocycles. The van der Waals surface area contributed by atoms with Crippen LogP contribution >= 0.6 is 23.4 Å². The van der Waals surface area contributed by atoms with Gasteiger partial charge in [-0.3, -0.25) is 0 Å². The fourth-order valence-electron chi connectivity index (χ4n) is 1.72. The van der Waals surface area contributed by atoms with E-state index in [9.17, 15) is 22.5 Å². The number of rotatable bonds is 5. The molecule has 1 aromatic carbocycles. The molecule has 1 atom stereocenters. The van der Waals surface area contributed by atoms with Crippen LogP contribution in [0.3, 0.4) is 0 Å². The van der Waals surface area contributed by atoms with Gasteiger partial charge in [-0.2, -0.15) is 0 Å². The predicted molar refractivity (Wildman–Crippen MR) is 92.9 cm³/mol. The second kappa shape index (κ2) is 8.76. The first-order valence-electron chi connectivity index (χ1n) is 6.76. The van der Waals surface area contributed by atoms with Crippen molar-refractivity contribution < 1.29 is 27.3 Å². The Balaban J connectivity index is 2.37. The van der Waals surface area contributed by atoms with Gasteiger partial charge in [-0.15, -0.1) is 13.2 Å². The normalized spacial score (nSPS) is 13.0. The van der Waals surface area contributed by atoms with Crippen LogP contribution in [0.2, 0.25) is 5.02 Å². The van der Waals surface area contributed by atoms with Crippen LogP contribution < -0.4 is 0 Å². The van der Waals surface area contributed by atoms with Crippen molar-refractivity contribution >= 4 is 46.9 Å². The Hall–Kier alpha value is -1.75. The number of esters is 1. The van der Waals surface area contributed by atoms with E-state index < -0.39 is 22.8 Å². The van der Waals surface area contributed by atoms with Crippen LogP contribution in [0.4, 0.5) is 13.2 Å². The molecule has 0 radical (unpaired) electrons. The third-order valence-electron chi connectivity index (χ3n) is 2.84. The molecule has 0 aliphatic carbocycles. The molecule has 138 valence electrons. The molecule has 0 N–H and O–H groups in total. The van der Waals surface area contributed by atoms with Crippen molar-refractivity contribution in [3.8, 4) is 0 Å². The van der Waals surface area contributed by atoms with Crippen molar-refractivity contribution in [2.45, 2.75) is 15.4 Å². The van der Waals surface area contributed by atoms with Crippen LogP contribution in [0.1, 0.15) is 15.9 Å². The lowest BCUT2D eigenvalue weighted by molar-refractivity contribution is -0.0434. The number of methoxy groups -OCH3 is 1. The van der Waals surface area contributed by atoms with E-state index in [0.29, 0.717) is 4.90 Å². The van der Waals surface area contributed by atoms with Crippen LogP contribution in [0.25, 0.3) is 0 Å². The highest BCUT2D eigenvalue weighted by Gasteiger charge is 2.45. The fraction of sp³-hybridized carbons (Fsp3) is 0.133. The number of alkyl halides is 3. The molecule has 0 fully saturated rings. The van der Waals surface area contributed by atoms with Crippen molar-refractivity contribution in [2.24, 2.45) is 4.40 Å². The maximum atomic E-state index is 12.4. The van der Waals surface area contributed by atoms with E-state index >= 15 is 0 Å². The lowest BCUT2D eigenvalue weighted by atomic mass is 10.2. The minimum atomic E-state index is -4.96. The first-order valence-corrected chi connectivity index (χ1v) is 9.06. The minimum Gasteiger partial charge on any atom is -0.584 e. The molecule has 11 heteroatoms. The molecule has 2 rings (SSSR count). The highest BCUT2D eigenvalue weighted by Crippen LogP contribution is 2.33. The Bertz CT molecular complexity index is 834. The van der Waals surface area contributed by atoms with Crippen LogP contribution in [-0.2, 0) is 16.1 Å². The molecule has 1 heterocycles. The van der Waals surface area contributed by atoms with Crippen molar-refractivity contribution in [3.63, 3.8) is 0 Å². The zero-order valence-electron chi connectivity index (χ0n) is 13.0. The number of hydrogen-bond donors (Lipinski definition) is 0. The molecular formula is C15H10ClF3N2O3S2. The van der Waals surface area contributed by atoms with Gasteiger partial charge in [0.05, 0.1) is 18.9 Å². The quantitative estimate of drug-likeness (QED) is 0.408. The molecule has 1 aromatic heterocycles. The molecule has 5 nitrogen and oxygen atoms in total. The Morgan fingerprint density at radius 3 is 2.81 bits per heavy atom. The van der Waals surface area contributed by atoms with E-state index in [0.717, 1.165) is 18.0 Å². The number of carbonyl (C=O) groups excluding carboxylic acids is 1. The molecule has 0 saturated heterocycles. The van der Waals surface area contributed by atoms with Gasteiger partial charge < -0.3 is 9.29 Å². The molecule has 2 aromatic rings. The Labute approximate surface area is 158 Å². The van der Waals surface area contributed by atoms with Gasteiger partial charge in [0.25, 0.3) is 0 Å². The second-order valence-corrected chi connectivity index (χ2v) is 7.20. The second-order valence-electron chi connectivity index (χ2n) is 4.56. The number of carbonyl (C=O) groups is 1. The van der Waals surface area contributed by atoms with Crippen molar-refractivity contribution in [3.05, 3.63) is 52.7 Å². The standard InChI is InChI=1S/C15H10ClF3N2O3S2/c1-24-14(22)11-3-2-6-20-13(11)25-12-5-4-10(16)7-9(12)8-21-26(23)15(17,18)19/h2-8H,1H3/b21-8-. The number of halogens is 4. The number of hydrogen-bond acceptors (Lipinski definition) is 6. The molecule has 0 saturated carbocycles. The summed E-state index contributed by atoms with van der Waals surface area (Å²) in [6, 6.07) is 7.46. The summed E-state index contributed by atoms with van der Waals surface area (Å²) in [6.45, 7) is 0. The molecule has 0 bridgehead atoms. The van der Waals surface area contributed by atoms with Crippen LogP contribution in [0, 0.1) is 0 Å². The largest absolute Gasteiger partial charge is 0.600 e. The van der Waals surface area contributed by atoms with Crippen LogP contribution in [0.5, 0.6) is 0 Å². The lowest BCUT2D eigenvalue weighted by Crippen LogP contribution is -2.20.